The van der Waals surface area contributed by atoms with Crippen LogP contribution < -0.4 is 0 Å². The van der Waals surface area contributed by atoms with Crippen LogP contribution in [0.15, 0.2) is 24.4 Å². The fraction of sp³-hybridized carbons (Fsp3) is 0.500. The molecule has 0 aliphatic carbocycles. The molecule has 1 N–H and O–H groups in total. The lowest BCUT2D eigenvalue weighted by molar-refractivity contribution is 0.0692. The number of hydrogen-bond acceptors (Lipinski definition) is 1. The Labute approximate surface area is 138 Å². The van der Waals surface area contributed by atoms with Crippen molar-refractivity contribution in [3.05, 3.63) is 35.8 Å². The maximum Gasteiger partial charge on any atom is 0.338 e. The third-order valence-electron chi connectivity index (χ3n) is 5.21. The molecule has 0 saturated carbocycles. The van der Waals surface area contributed by atoms with E-state index in [1.54, 1.807) is 6.07 Å². The second-order valence-corrected chi connectivity index (χ2v) is 12.9. The van der Waals surface area contributed by atoms with Crippen LogP contribution in [0.1, 0.15) is 51.9 Å². The molecule has 23 heavy (non-hydrogen) atoms. The average Bonchev–Trinajstić information content (AvgIpc) is 2.83. The van der Waals surface area contributed by atoms with Crippen molar-refractivity contribution in [2.24, 2.45) is 0 Å². The summed E-state index contributed by atoms with van der Waals surface area (Å²) in [5, 5.41) is 10.0. The Morgan fingerprint density at radius 3 is 2.00 bits per heavy atom. The number of carboxylic acids is 1. The van der Waals surface area contributed by atoms with Gasteiger partial charge in [-0.3, -0.25) is 0 Å². The van der Waals surface area contributed by atoms with E-state index in [0.717, 1.165) is 5.39 Å². The van der Waals surface area contributed by atoms with Gasteiger partial charge in [-0.1, -0.05) is 47.6 Å². The summed E-state index contributed by atoms with van der Waals surface area (Å²) >= 11 is 0. The minimum atomic E-state index is -2.12. The summed E-state index contributed by atoms with van der Waals surface area (Å²) in [6.45, 7) is 13.2. The zero-order valence-corrected chi connectivity index (χ0v) is 15.7. The first-order valence-corrected chi connectivity index (χ1v) is 10.4. The lowest BCUT2D eigenvalue weighted by Crippen LogP contribution is -2.51. The molecule has 3 nitrogen and oxygen atoms in total. The number of fused-ring (bicyclic) bond motifs is 1. The topological polar surface area (TPSA) is 42.2 Å². The quantitative estimate of drug-likeness (QED) is 0.733. The first-order chi connectivity index (χ1) is 10.7. The summed E-state index contributed by atoms with van der Waals surface area (Å²) in [5.74, 6) is -1.83. The second kappa shape index (κ2) is 6.11. The Kier molecular flexibility index (Phi) is 4.71. The van der Waals surface area contributed by atoms with Gasteiger partial charge < -0.3 is 9.34 Å². The highest BCUT2D eigenvalue weighted by molar-refractivity contribution is 6.82. The Morgan fingerprint density at radius 2 is 1.57 bits per heavy atom. The Morgan fingerprint density at radius 1 is 1.04 bits per heavy atom. The molecule has 0 bridgehead atoms. The van der Waals surface area contributed by atoms with Gasteiger partial charge in [0.25, 0.3) is 0 Å². The molecule has 0 amide bonds. The highest BCUT2D eigenvalue weighted by Gasteiger charge is 2.46. The lowest BCUT2D eigenvalue weighted by Gasteiger charge is -2.44. The van der Waals surface area contributed by atoms with Gasteiger partial charge in [0, 0.05) is 5.39 Å². The summed E-state index contributed by atoms with van der Waals surface area (Å²) in [4.78, 5) is 11.3. The smallest absolute Gasteiger partial charge is 0.338 e. The average molecular weight is 335 g/mol. The van der Waals surface area contributed by atoms with Crippen molar-refractivity contribution in [3.63, 3.8) is 0 Å². The number of rotatable bonds is 5. The van der Waals surface area contributed by atoms with E-state index in [1.807, 2.05) is 12.3 Å². The van der Waals surface area contributed by atoms with E-state index in [0.29, 0.717) is 22.1 Å². The summed E-state index contributed by atoms with van der Waals surface area (Å²) in [6, 6.07) is 4.96. The van der Waals surface area contributed by atoms with Crippen LogP contribution in [0.25, 0.3) is 10.9 Å². The van der Waals surface area contributed by atoms with E-state index in [2.05, 4.69) is 45.8 Å². The van der Waals surface area contributed by atoms with Crippen LogP contribution in [-0.2, 0) is 0 Å². The number of benzene rings is 1. The number of nitrogens with zero attached hydrogens (tertiary/aromatic N) is 1. The molecule has 0 aliphatic heterocycles. The summed E-state index contributed by atoms with van der Waals surface area (Å²) < 4.78 is 17.1. The maximum atomic E-state index is 15.0. The normalized spacial score (nSPS) is 12.8. The van der Waals surface area contributed by atoms with Crippen LogP contribution in [0.2, 0.25) is 16.6 Å². The van der Waals surface area contributed by atoms with Gasteiger partial charge in [-0.15, -0.1) is 0 Å². The van der Waals surface area contributed by atoms with E-state index >= 15 is 0 Å². The van der Waals surface area contributed by atoms with Crippen LogP contribution in [0.3, 0.4) is 0 Å². The monoisotopic (exact) mass is 335 g/mol. The van der Waals surface area contributed by atoms with Gasteiger partial charge in [-0.05, 0) is 35.0 Å². The van der Waals surface area contributed by atoms with Crippen molar-refractivity contribution in [1.29, 1.82) is 0 Å². The number of aromatic nitrogens is 1. The predicted molar refractivity (Wildman–Crippen MR) is 95.3 cm³/mol. The van der Waals surface area contributed by atoms with Crippen molar-refractivity contribution >= 4 is 25.1 Å². The van der Waals surface area contributed by atoms with Crippen LogP contribution in [0.5, 0.6) is 0 Å². The molecule has 0 spiro atoms. The molecule has 1 heterocycles. The van der Waals surface area contributed by atoms with E-state index in [9.17, 15) is 14.3 Å². The minimum absolute atomic E-state index is 0.253. The van der Waals surface area contributed by atoms with Crippen molar-refractivity contribution in [2.45, 2.75) is 58.2 Å². The molecule has 0 atom stereocenters. The SMILES string of the molecule is CC(C)[Si](C(C)C)(C(C)C)n1ccc2ccc(C(=O)O)c(F)c21. The van der Waals surface area contributed by atoms with Gasteiger partial charge in [0.1, 0.15) is 0 Å². The lowest BCUT2D eigenvalue weighted by atomic mass is 10.1. The van der Waals surface area contributed by atoms with E-state index < -0.39 is 20.0 Å². The predicted octanol–water partition coefficient (Wildman–Crippen LogP) is 5.50. The summed E-state index contributed by atoms with van der Waals surface area (Å²) in [7, 11) is -2.12. The van der Waals surface area contributed by atoms with Gasteiger partial charge in [-0.25, -0.2) is 9.18 Å². The molecule has 126 valence electrons. The zero-order valence-electron chi connectivity index (χ0n) is 14.7. The zero-order chi connectivity index (χ0) is 17.5. The molecule has 0 aliphatic rings. The Hall–Kier alpha value is -1.62. The molecule has 0 unspecified atom stereocenters. The van der Waals surface area contributed by atoms with Crippen LogP contribution in [-0.4, -0.2) is 23.5 Å². The van der Waals surface area contributed by atoms with Gasteiger partial charge in [0.2, 0.25) is 0 Å². The van der Waals surface area contributed by atoms with Crippen LogP contribution >= 0.6 is 0 Å². The van der Waals surface area contributed by atoms with Gasteiger partial charge in [0.15, 0.2) is 14.1 Å². The number of aromatic carboxylic acids is 1. The number of carboxylic acid groups (broad SMARTS) is 1. The van der Waals surface area contributed by atoms with Crippen molar-refractivity contribution < 1.29 is 14.3 Å². The van der Waals surface area contributed by atoms with Gasteiger partial charge in [0.05, 0.1) is 11.1 Å². The fourth-order valence-electron chi connectivity index (χ4n) is 4.51. The molecule has 5 heteroatoms. The molecular formula is C18H26FNO2Si. The fourth-order valence-corrected chi connectivity index (χ4v) is 11.1. The Bertz CT molecular complexity index is 712. The summed E-state index contributed by atoms with van der Waals surface area (Å²) in [6.07, 6.45) is 1.96. The minimum Gasteiger partial charge on any atom is -0.478 e. The molecule has 2 rings (SSSR count). The standard InChI is InChI=1S/C18H26FNO2Si/c1-11(2)23(12(3)4,13(5)6)20-10-9-14-7-8-15(18(21)22)16(19)17(14)20/h7-13H,1-6H3,(H,21,22). The first kappa shape index (κ1) is 17.7. The highest BCUT2D eigenvalue weighted by Crippen LogP contribution is 2.44. The highest BCUT2D eigenvalue weighted by atomic mass is 28.3. The first-order valence-electron chi connectivity index (χ1n) is 8.18. The molecular weight excluding hydrogens is 309 g/mol. The molecule has 0 saturated heterocycles. The van der Waals surface area contributed by atoms with Crippen molar-refractivity contribution in [3.8, 4) is 0 Å². The van der Waals surface area contributed by atoms with Gasteiger partial charge >= 0.3 is 5.97 Å². The number of halogens is 1. The van der Waals surface area contributed by atoms with Crippen LogP contribution in [0.4, 0.5) is 4.39 Å². The largest absolute Gasteiger partial charge is 0.478 e. The second-order valence-electron chi connectivity index (χ2n) is 7.21. The maximum absolute atomic E-state index is 15.0. The molecule has 0 radical (unpaired) electrons. The number of hydrogen-bond donors (Lipinski definition) is 1. The van der Waals surface area contributed by atoms with Gasteiger partial charge in [-0.2, -0.15) is 0 Å². The van der Waals surface area contributed by atoms with E-state index in [-0.39, 0.29) is 5.56 Å². The Balaban J connectivity index is 2.90. The third-order valence-corrected chi connectivity index (χ3v) is 12.0. The molecule has 0 fully saturated rings. The van der Waals surface area contributed by atoms with Crippen molar-refractivity contribution in [1.82, 2.24) is 4.23 Å². The number of carbonyl (C=O) groups is 1. The summed E-state index contributed by atoms with van der Waals surface area (Å²) in [5.41, 5.74) is 1.42. The third kappa shape index (κ3) is 2.51. The molecule has 1 aromatic heterocycles. The molecule has 1 aromatic carbocycles. The van der Waals surface area contributed by atoms with Crippen molar-refractivity contribution in [2.75, 3.05) is 0 Å². The van der Waals surface area contributed by atoms with E-state index in [4.69, 9.17) is 0 Å². The molecule has 2 aromatic rings. The van der Waals surface area contributed by atoms with Crippen LogP contribution in [0, 0.1) is 5.82 Å². The van der Waals surface area contributed by atoms with E-state index in [1.165, 1.54) is 6.07 Å².